The lowest BCUT2D eigenvalue weighted by Crippen LogP contribution is -2.29. The summed E-state index contributed by atoms with van der Waals surface area (Å²) in [6.07, 6.45) is 0. The van der Waals surface area contributed by atoms with E-state index in [1.807, 2.05) is 0 Å². The van der Waals surface area contributed by atoms with Crippen molar-refractivity contribution in [1.82, 2.24) is 25.1 Å². The molecule has 0 aliphatic rings. The van der Waals surface area contributed by atoms with Gasteiger partial charge in [-0.15, -0.1) is 15.3 Å². The highest BCUT2D eigenvalue weighted by Crippen LogP contribution is 2.19. The van der Waals surface area contributed by atoms with Crippen LogP contribution in [-0.2, 0) is 0 Å². The van der Waals surface area contributed by atoms with Crippen molar-refractivity contribution >= 4 is 22.5 Å². The fourth-order valence-corrected chi connectivity index (χ4v) is 3.28. The van der Waals surface area contributed by atoms with Gasteiger partial charge < -0.3 is 14.5 Å². The van der Waals surface area contributed by atoms with Crippen molar-refractivity contribution in [3.05, 3.63) is 88.5 Å². The summed E-state index contributed by atoms with van der Waals surface area (Å²) in [4.78, 5) is 24.5. The molecular weight excluding hydrogens is 429 g/mol. The van der Waals surface area contributed by atoms with Crippen LogP contribution < -0.4 is 15.5 Å². The number of aromatic nitrogens is 4. The number of hydrogen-bond acceptors (Lipinski definition) is 7. The molecule has 0 fully saturated rings. The molecule has 10 heteroatoms. The average Bonchev–Trinajstić information content (AvgIpc) is 3.25. The van der Waals surface area contributed by atoms with Gasteiger partial charge in [0.1, 0.15) is 18.0 Å². The van der Waals surface area contributed by atoms with E-state index >= 15 is 0 Å². The molecule has 164 valence electrons. The van der Waals surface area contributed by atoms with Crippen molar-refractivity contribution in [2.45, 2.75) is 0 Å². The van der Waals surface area contributed by atoms with Crippen LogP contribution in [0.4, 0.5) is 4.39 Å². The highest BCUT2D eigenvalue weighted by atomic mass is 19.1. The van der Waals surface area contributed by atoms with Gasteiger partial charge in [-0.3, -0.25) is 9.59 Å². The Morgan fingerprint density at radius 1 is 1.06 bits per heavy atom. The van der Waals surface area contributed by atoms with E-state index in [0.717, 1.165) is 6.07 Å². The van der Waals surface area contributed by atoms with E-state index < -0.39 is 11.7 Å². The summed E-state index contributed by atoms with van der Waals surface area (Å²) in [5.41, 5.74) is 1.04. The predicted molar refractivity (Wildman–Crippen MR) is 116 cm³/mol. The summed E-state index contributed by atoms with van der Waals surface area (Å²) >= 11 is 0. The number of carbonyl (C=O) groups is 1. The van der Waals surface area contributed by atoms with Gasteiger partial charge in [0.2, 0.25) is 5.88 Å². The summed E-state index contributed by atoms with van der Waals surface area (Å²) in [5.74, 6) is -0.366. The van der Waals surface area contributed by atoms with E-state index in [2.05, 4.69) is 20.6 Å². The number of nitrogens with zero attached hydrogens (tertiary/aromatic N) is 4. The quantitative estimate of drug-likeness (QED) is 0.400. The normalized spacial score (nSPS) is 11.1. The number of para-hydroxylation sites is 1. The van der Waals surface area contributed by atoms with E-state index in [1.54, 1.807) is 48.5 Å². The van der Waals surface area contributed by atoms with Gasteiger partial charge in [0.05, 0.1) is 11.9 Å². The first kappa shape index (κ1) is 20.3. The van der Waals surface area contributed by atoms with Crippen molar-refractivity contribution < 1.29 is 18.3 Å². The Morgan fingerprint density at radius 3 is 2.82 bits per heavy atom. The number of ether oxygens (including phenoxy) is 1. The number of fused-ring (bicyclic) bond motifs is 2. The molecule has 0 spiro atoms. The van der Waals surface area contributed by atoms with E-state index in [1.165, 1.54) is 16.6 Å². The third-order valence-electron chi connectivity index (χ3n) is 4.82. The molecule has 0 unspecified atom stereocenters. The molecule has 9 nitrogen and oxygen atoms in total. The number of nitrogens with one attached hydrogen (secondary N) is 1. The smallest absolute Gasteiger partial charge is 0.287 e. The van der Waals surface area contributed by atoms with Crippen LogP contribution in [0.25, 0.3) is 28.0 Å². The lowest BCUT2D eigenvalue weighted by molar-refractivity contribution is 0.0919. The van der Waals surface area contributed by atoms with Crippen LogP contribution in [0.3, 0.4) is 0 Å². The zero-order valence-corrected chi connectivity index (χ0v) is 17.1. The fraction of sp³-hybridized carbons (Fsp3) is 0.0870. The molecule has 3 aromatic heterocycles. The fourth-order valence-electron chi connectivity index (χ4n) is 3.28. The standard InChI is InChI=1S/C23H16FN5O4/c24-15-5-3-4-14(12-15)22-27-26-20-8-9-21(28-29(20)22)32-11-10-25-23(31)19-13-17(30)16-6-1-2-7-18(16)33-19/h1-9,12-13H,10-11H2,(H,25,31). The first-order chi connectivity index (χ1) is 16.1. The molecular formula is C23H16FN5O4. The van der Waals surface area contributed by atoms with Crippen molar-refractivity contribution in [3.63, 3.8) is 0 Å². The van der Waals surface area contributed by atoms with Crippen LogP contribution in [0.1, 0.15) is 10.6 Å². The maximum absolute atomic E-state index is 13.6. The Kier molecular flexibility index (Phi) is 5.23. The SMILES string of the molecule is O=C(NCCOc1ccc2nnc(-c3cccc(F)c3)n2n1)c1cc(=O)c2ccccc2o1. The summed E-state index contributed by atoms with van der Waals surface area (Å²) < 4.78 is 26.1. The highest BCUT2D eigenvalue weighted by Gasteiger charge is 2.13. The Balaban J connectivity index is 1.25. The zero-order valence-electron chi connectivity index (χ0n) is 17.1. The lowest BCUT2D eigenvalue weighted by Gasteiger charge is -2.08. The van der Waals surface area contributed by atoms with Gasteiger partial charge in [0, 0.05) is 17.7 Å². The number of amides is 1. The van der Waals surface area contributed by atoms with Gasteiger partial charge in [0.25, 0.3) is 5.91 Å². The molecule has 0 saturated heterocycles. The molecule has 0 bridgehead atoms. The minimum absolute atomic E-state index is 0.0810. The minimum atomic E-state index is -0.530. The van der Waals surface area contributed by atoms with Gasteiger partial charge >= 0.3 is 0 Å². The van der Waals surface area contributed by atoms with Crippen molar-refractivity contribution in [1.29, 1.82) is 0 Å². The van der Waals surface area contributed by atoms with E-state index in [0.29, 0.717) is 28.0 Å². The Bertz CT molecular complexity index is 1550. The zero-order chi connectivity index (χ0) is 22.8. The largest absolute Gasteiger partial charge is 0.475 e. The first-order valence-electron chi connectivity index (χ1n) is 10.0. The van der Waals surface area contributed by atoms with Crippen LogP contribution in [-0.4, -0.2) is 38.9 Å². The molecule has 0 atom stereocenters. The second-order valence-corrected chi connectivity index (χ2v) is 7.05. The Labute approximate surface area is 185 Å². The van der Waals surface area contributed by atoms with E-state index in [9.17, 15) is 14.0 Å². The molecule has 2 aromatic carbocycles. The molecule has 0 aliphatic carbocycles. The second kappa shape index (κ2) is 8.50. The second-order valence-electron chi connectivity index (χ2n) is 7.05. The van der Waals surface area contributed by atoms with Gasteiger partial charge in [-0.05, 0) is 30.3 Å². The number of hydrogen-bond donors (Lipinski definition) is 1. The Morgan fingerprint density at radius 2 is 1.94 bits per heavy atom. The van der Waals surface area contributed by atoms with Gasteiger partial charge in [-0.1, -0.05) is 24.3 Å². The van der Waals surface area contributed by atoms with Crippen LogP contribution >= 0.6 is 0 Å². The number of halogens is 1. The monoisotopic (exact) mass is 445 g/mol. The number of benzene rings is 2. The maximum Gasteiger partial charge on any atom is 0.287 e. The Hall–Kier alpha value is -4.60. The maximum atomic E-state index is 13.6. The molecule has 3 heterocycles. The minimum Gasteiger partial charge on any atom is -0.475 e. The van der Waals surface area contributed by atoms with Crippen LogP contribution in [0.15, 0.2) is 75.9 Å². The number of rotatable bonds is 6. The highest BCUT2D eigenvalue weighted by molar-refractivity contribution is 5.93. The third-order valence-corrected chi connectivity index (χ3v) is 4.82. The third kappa shape index (κ3) is 4.13. The van der Waals surface area contributed by atoms with Gasteiger partial charge in [-0.2, -0.15) is 4.52 Å². The summed E-state index contributed by atoms with van der Waals surface area (Å²) in [6, 6.07) is 17.1. The number of carbonyl (C=O) groups excluding carboxylic acids is 1. The molecule has 33 heavy (non-hydrogen) atoms. The van der Waals surface area contributed by atoms with Crippen molar-refractivity contribution in [2.75, 3.05) is 13.2 Å². The van der Waals surface area contributed by atoms with Gasteiger partial charge in [0.15, 0.2) is 22.7 Å². The summed E-state index contributed by atoms with van der Waals surface area (Å²) in [6.45, 7) is 0.257. The summed E-state index contributed by atoms with van der Waals surface area (Å²) in [7, 11) is 0. The predicted octanol–water partition coefficient (Wildman–Crippen LogP) is 2.85. The molecule has 0 saturated carbocycles. The van der Waals surface area contributed by atoms with Gasteiger partial charge in [-0.25, -0.2) is 4.39 Å². The molecule has 5 rings (SSSR count). The van der Waals surface area contributed by atoms with Crippen LogP contribution in [0, 0.1) is 5.82 Å². The molecule has 5 aromatic rings. The van der Waals surface area contributed by atoms with Crippen molar-refractivity contribution in [2.24, 2.45) is 0 Å². The molecule has 1 N–H and O–H groups in total. The molecule has 0 radical (unpaired) electrons. The summed E-state index contributed by atoms with van der Waals surface area (Å²) in [5, 5.41) is 15.5. The molecule has 0 aliphatic heterocycles. The lowest BCUT2D eigenvalue weighted by atomic mass is 10.2. The van der Waals surface area contributed by atoms with E-state index in [4.69, 9.17) is 9.15 Å². The topological polar surface area (TPSA) is 112 Å². The van der Waals surface area contributed by atoms with Crippen LogP contribution in [0.5, 0.6) is 5.88 Å². The van der Waals surface area contributed by atoms with Crippen molar-refractivity contribution in [3.8, 4) is 17.3 Å². The van der Waals surface area contributed by atoms with E-state index in [-0.39, 0.29) is 30.2 Å². The first-order valence-corrected chi connectivity index (χ1v) is 10.0. The molecule has 1 amide bonds. The van der Waals surface area contributed by atoms with Crippen LogP contribution in [0.2, 0.25) is 0 Å². The average molecular weight is 445 g/mol.